The van der Waals surface area contributed by atoms with Crippen molar-refractivity contribution in [3.63, 3.8) is 0 Å². The summed E-state index contributed by atoms with van der Waals surface area (Å²) in [5.41, 5.74) is 3.47. The summed E-state index contributed by atoms with van der Waals surface area (Å²) < 4.78 is 0. The Morgan fingerprint density at radius 1 is 1.11 bits per heavy atom. The number of aliphatic hydroxyl groups is 1. The lowest BCUT2D eigenvalue weighted by Crippen LogP contribution is -2.58. The number of aromatic amines is 1. The van der Waals surface area contributed by atoms with E-state index in [0.29, 0.717) is 12.5 Å². The number of benzene rings is 1. The van der Waals surface area contributed by atoms with Crippen LogP contribution in [0.15, 0.2) is 24.3 Å². The maximum absolute atomic E-state index is 13.8. The standard InChI is InChI=1S/C23H28N2O2/c26-13-17-8-19-18-3-1-2-4-20(18)24-21(19)12-25(17)22(27)23-9-14-5-15(10-23)7-16(6-14)11-23/h1-4,14-17,24,26H,5-13H2. The molecule has 1 aromatic heterocycles. The molecule has 2 heterocycles. The fraction of sp³-hybridized carbons (Fsp3) is 0.609. The lowest BCUT2D eigenvalue weighted by atomic mass is 9.49. The number of amides is 1. The van der Waals surface area contributed by atoms with Gasteiger partial charge in [0.2, 0.25) is 5.91 Å². The zero-order valence-electron chi connectivity index (χ0n) is 15.8. The Morgan fingerprint density at radius 2 is 1.78 bits per heavy atom. The zero-order valence-corrected chi connectivity index (χ0v) is 15.8. The minimum absolute atomic E-state index is 0.0526. The van der Waals surface area contributed by atoms with Gasteiger partial charge in [-0.3, -0.25) is 4.79 Å². The van der Waals surface area contributed by atoms with E-state index in [-0.39, 0.29) is 18.1 Å². The summed E-state index contributed by atoms with van der Waals surface area (Å²) >= 11 is 0. The number of fused-ring (bicyclic) bond motifs is 3. The van der Waals surface area contributed by atoms with Crippen LogP contribution in [-0.2, 0) is 17.8 Å². The van der Waals surface area contributed by atoms with E-state index in [1.165, 1.54) is 35.9 Å². The van der Waals surface area contributed by atoms with E-state index < -0.39 is 0 Å². The highest BCUT2D eigenvalue weighted by Crippen LogP contribution is 2.60. The molecule has 4 nitrogen and oxygen atoms in total. The van der Waals surface area contributed by atoms with Crippen LogP contribution in [0, 0.1) is 23.2 Å². The number of nitrogens with zero attached hydrogens (tertiary/aromatic N) is 1. The van der Waals surface area contributed by atoms with Gasteiger partial charge in [0.1, 0.15) is 0 Å². The normalized spacial score (nSPS) is 37.0. The van der Waals surface area contributed by atoms with Crippen LogP contribution in [0.3, 0.4) is 0 Å². The van der Waals surface area contributed by atoms with Crippen molar-refractivity contribution in [3.8, 4) is 0 Å². The molecule has 1 atom stereocenters. The molecule has 2 aromatic rings. The molecular weight excluding hydrogens is 336 g/mol. The van der Waals surface area contributed by atoms with Crippen molar-refractivity contribution >= 4 is 16.8 Å². The molecule has 4 aliphatic carbocycles. The highest BCUT2D eigenvalue weighted by atomic mass is 16.3. The number of para-hydroxylation sites is 1. The average molecular weight is 364 g/mol. The Labute approximate surface area is 159 Å². The first-order valence-corrected chi connectivity index (χ1v) is 10.7. The zero-order chi connectivity index (χ0) is 18.2. The monoisotopic (exact) mass is 364 g/mol. The van der Waals surface area contributed by atoms with Crippen LogP contribution < -0.4 is 0 Å². The van der Waals surface area contributed by atoms with Crippen LogP contribution >= 0.6 is 0 Å². The van der Waals surface area contributed by atoms with Crippen molar-refractivity contribution in [2.24, 2.45) is 23.2 Å². The summed E-state index contributed by atoms with van der Waals surface area (Å²) in [6.45, 7) is 0.673. The highest BCUT2D eigenvalue weighted by molar-refractivity contribution is 5.87. The third kappa shape index (κ3) is 2.29. The minimum Gasteiger partial charge on any atom is -0.394 e. The largest absolute Gasteiger partial charge is 0.394 e. The van der Waals surface area contributed by atoms with Gasteiger partial charge in [-0.25, -0.2) is 0 Å². The predicted molar refractivity (Wildman–Crippen MR) is 104 cm³/mol. The summed E-state index contributed by atoms with van der Waals surface area (Å²) in [5.74, 6) is 2.63. The van der Waals surface area contributed by atoms with Gasteiger partial charge in [0.15, 0.2) is 0 Å². The van der Waals surface area contributed by atoms with E-state index >= 15 is 0 Å². The minimum atomic E-state index is -0.133. The summed E-state index contributed by atoms with van der Waals surface area (Å²) in [7, 11) is 0. The number of H-pyrrole nitrogens is 1. The smallest absolute Gasteiger partial charge is 0.229 e. The Kier molecular flexibility index (Phi) is 3.36. The summed E-state index contributed by atoms with van der Waals surface area (Å²) in [4.78, 5) is 19.4. The van der Waals surface area contributed by atoms with E-state index in [1.807, 2.05) is 11.0 Å². The molecule has 4 heteroatoms. The Balaban J connectivity index is 1.36. The second kappa shape index (κ2) is 5.60. The average Bonchev–Trinajstić information content (AvgIpc) is 3.03. The van der Waals surface area contributed by atoms with Crippen molar-refractivity contribution in [1.82, 2.24) is 9.88 Å². The molecule has 1 aromatic carbocycles. The molecule has 142 valence electrons. The van der Waals surface area contributed by atoms with Crippen molar-refractivity contribution in [3.05, 3.63) is 35.5 Å². The molecule has 0 saturated heterocycles. The van der Waals surface area contributed by atoms with Crippen LogP contribution in [0.5, 0.6) is 0 Å². The fourth-order valence-electron chi connectivity index (χ4n) is 7.35. The first-order chi connectivity index (χ1) is 13.1. The molecule has 0 radical (unpaired) electrons. The Bertz CT molecular complexity index is 879. The predicted octanol–water partition coefficient (Wildman–Crippen LogP) is 3.63. The van der Waals surface area contributed by atoms with E-state index in [0.717, 1.165) is 49.0 Å². The van der Waals surface area contributed by atoms with Crippen molar-refractivity contribution in [2.75, 3.05) is 6.61 Å². The highest BCUT2D eigenvalue weighted by Gasteiger charge is 2.56. The number of aliphatic hydroxyl groups excluding tert-OH is 1. The molecule has 5 aliphatic rings. The second-order valence-electron chi connectivity index (χ2n) is 9.80. The second-order valence-corrected chi connectivity index (χ2v) is 9.80. The van der Waals surface area contributed by atoms with Gasteiger partial charge in [0, 0.05) is 16.6 Å². The van der Waals surface area contributed by atoms with Gasteiger partial charge < -0.3 is 15.0 Å². The van der Waals surface area contributed by atoms with Crippen LogP contribution in [0.1, 0.15) is 49.8 Å². The number of rotatable bonds is 2. The molecule has 27 heavy (non-hydrogen) atoms. The van der Waals surface area contributed by atoms with Crippen LogP contribution in [0.2, 0.25) is 0 Å². The number of nitrogens with one attached hydrogen (secondary N) is 1. The summed E-state index contributed by atoms with van der Waals surface area (Å²) in [6.07, 6.45) is 8.07. The quantitative estimate of drug-likeness (QED) is 0.855. The fourth-order valence-corrected chi connectivity index (χ4v) is 7.35. The van der Waals surface area contributed by atoms with E-state index in [9.17, 15) is 9.90 Å². The van der Waals surface area contributed by atoms with E-state index in [1.54, 1.807) is 0 Å². The molecule has 7 rings (SSSR count). The number of carbonyl (C=O) groups excluding carboxylic acids is 1. The number of aromatic nitrogens is 1. The van der Waals surface area contributed by atoms with Gasteiger partial charge in [-0.1, -0.05) is 18.2 Å². The molecule has 0 spiro atoms. The SMILES string of the molecule is O=C(N1Cc2[nH]c3ccccc3c2CC1CO)C12CC3CC(CC(C3)C1)C2. The van der Waals surface area contributed by atoms with Crippen LogP contribution in [0.25, 0.3) is 10.9 Å². The van der Waals surface area contributed by atoms with Crippen LogP contribution in [-0.4, -0.2) is 33.5 Å². The van der Waals surface area contributed by atoms with Crippen molar-refractivity contribution in [2.45, 2.75) is 57.5 Å². The topological polar surface area (TPSA) is 56.3 Å². The lowest BCUT2D eigenvalue weighted by Gasteiger charge is -2.57. The molecule has 1 aliphatic heterocycles. The maximum atomic E-state index is 13.8. The Hall–Kier alpha value is -1.81. The van der Waals surface area contributed by atoms with Gasteiger partial charge in [-0.2, -0.15) is 0 Å². The van der Waals surface area contributed by atoms with Gasteiger partial charge >= 0.3 is 0 Å². The number of carbonyl (C=O) groups is 1. The van der Waals surface area contributed by atoms with Crippen LogP contribution in [0.4, 0.5) is 0 Å². The first-order valence-electron chi connectivity index (χ1n) is 10.7. The maximum Gasteiger partial charge on any atom is 0.229 e. The molecule has 2 N–H and O–H groups in total. The molecule has 1 unspecified atom stereocenters. The molecule has 4 fully saturated rings. The summed E-state index contributed by atoms with van der Waals surface area (Å²) in [6, 6.07) is 8.28. The van der Waals surface area contributed by atoms with Gasteiger partial charge in [0.05, 0.1) is 24.6 Å². The van der Waals surface area contributed by atoms with Crippen molar-refractivity contribution < 1.29 is 9.90 Å². The molecule has 4 bridgehead atoms. The lowest BCUT2D eigenvalue weighted by molar-refractivity contribution is -0.162. The third-order valence-electron chi connectivity index (χ3n) is 8.07. The molecular formula is C23H28N2O2. The molecule has 4 saturated carbocycles. The van der Waals surface area contributed by atoms with Crippen molar-refractivity contribution in [1.29, 1.82) is 0 Å². The summed E-state index contributed by atoms with van der Waals surface area (Å²) in [5, 5.41) is 11.4. The van der Waals surface area contributed by atoms with E-state index in [4.69, 9.17) is 0 Å². The molecule has 1 amide bonds. The van der Waals surface area contributed by atoms with Gasteiger partial charge in [0.25, 0.3) is 0 Å². The Morgan fingerprint density at radius 3 is 2.44 bits per heavy atom. The number of hydrogen-bond donors (Lipinski definition) is 2. The van der Waals surface area contributed by atoms with Gasteiger partial charge in [-0.15, -0.1) is 0 Å². The third-order valence-corrected chi connectivity index (χ3v) is 8.07. The van der Waals surface area contributed by atoms with E-state index in [2.05, 4.69) is 23.2 Å². The van der Waals surface area contributed by atoms with Gasteiger partial charge in [-0.05, 0) is 74.3 Å². The number of hydrogen-bond acceptors (Lipinski definition) is 2. The first kappa shape index (κ1) is 16.2.